The van der Waals surface area contributed by atoms with Gasteiger partial charge >= 0.3 is 6.16 Å². The summed E-state index contributed by atoms with van der Waals surface area (Å²) < 4.78 is 4.43. The largest absolute Gasteiger partial charge is 0.510 e. The maximum absolute atomic E-state index is 10.2. The Bertz CT molecular complexity index is 199. The van der Waals surface area contributed by atoms with Crippen molar-refractivity contribution in [2.75, 3.05) is 0 Å². The van der Waals surface area contributed by atoms with E-state index in [2.05, 4.69) is 18.2 Å². The number of unbranched alkanes of at least 4 members (excludes halogenated alkanes) is 7. The van der Waals surface area contributed by atoms with Gasteiger partial charge in [0.2, 0.25) is 0 Å². The number of carboxylic acid groups (broad SMARTS) is 1. The molecule has 0 unspecified atom stereocenters. The molecule has 3 nitrogen and oxygen atoms in total. The van der Waals surface area contributed by atoms with Crippen LogP contribution < -0.4 is 0 Å². The Hall–Kier alpha value is -0.990. The van der Waals surface area contributed by atoms with E-state index < -0.39 is 6.16 Å². The van der Waals surface area contributed by atoms with Gasteiger partial charge in [-0.25, -0.2) is 4.79 Å². The Balaban J connectivity index is 3.14. The van der Waals surface area contributed by atoms with Crippen molar-refractivity contribution in [1.82, 2.24) is 0 Å². The summed E-state index contributed by atoms with van der Waals surface area (Å²) in [5.41, 5.74) is 0. The van der Waals surface area contributed by atoms with Crippen molar-refractivity contribution in [3.63, 3.8) is 0 Å². The third kappa shape index (κ3) is 11.1. The van der Waals surface area contributed by atoms with Crippen LogP contribution in [0.4, 0.5) is 4.79 Å². The number of carbonyl (C=O) groups is 1. The van der Waals surface area contributed by atoms with Crippen LogP contribution in [0, 0.1) is 0 Å². The summed E-state index contributed by atoms with van der Waals surface area (Å²) in [4.78, 5) is 10.2. The molecule has 3 heteroatoms. The molecule has 0 aromatic carbocycles. The smallest absolute Gasteiger partial charge is 0.449 e. The first-order valence-electron chi connectivity index (χ1n) is 6.25. The van der Waals surface area contributed by atoms with Crippen LogP contribution in [0.3, 0.4) is 0 Å². The molecule has 0 saturated carbocycles. The zero-order valence-corrected chi connectivity index (χ0v) is 10.3. The highest BCUT2D eigenvalue weighted by Crippen LogP contribution is 2.12. The van der Waals surface area contributed by atoms with Gasteiger partial charge in [-0.05, 0) is 6.42 Å². The summed E-state index contributed by atoms with van der Waals surface area (Å²) in [5.74, 6) is 0.360. The van der Waals surface area contributed by atoms with Crippen LogP contribution in [-0.2, 0) is 4.74 Å². The predicted octanol–water partition coefficient (Wildman–Crippen LogP) is 4.73. The Morgan fingerprint density at radius 1 is 1.06 bits per heavy atom. The molecule has 16 heavy (non-hydrogen) atoms. The van der Waals surface area contributed by atoms with E-state index in [0.29, 0.717) is 12.2 Å². The molecule has 1 N–H and O–H groups in total. The molecule has 0 atom stereocenters. The van der Waals surface area contributed by atoms with Crippen LogP contribution in [0.1, 0.15) is 64.7 Å². The van der Waals surface area contributed by atoms with E-state index in [0.717, 1.165) is 12.8 Å². The fourth-order valence-electron chi connectivity index (χ4n) is 1.63. The molecular formula is C13H24O3. The van der Waals surface area contributed by atoms with Gasteiger partial charge in [0.05, 0.1) is 0 Å². The molecule has 0 amide bonds. The summed E-state index contributed by atoms with van der Waals surface area (Å²) in [7, 11) is 0. The second-order valence-electron chi connectivity index (χ2n) is 4.13. The SMILES string of the molecule is C=C(CCCCCCCCCC)OC(=O)O. The van der Waals surface area contributed by atoms with Gasteiger partial charge in [0, 0.05) is 6.42 Å². The molecule has 0 bridgehead atoms. The number of hydrogen-bond acceptors (Lipinski definition) is 2. The Kier molecular flexibility index (Phi) is 9.87. The molecule has 0 heterocycles. The van der Waals surface area contributed by atoms with E-state index in [9.17, 15) is 4.79 Å². The van der Waals surface area contributed by atoms with Crippen molar-refractivity contribution in [3.05, 3.63) is 12.3 Å². The lowest BCUT2D eigenvalue weighted by atomic mass is 10.1. The van der Waals surface area contributed by atoms with Crippen LogP contribution in [0.5, 0.6) is 0 Å². The molecule has 0 spiro atoms. The Labute approximate surface area is 98.5 Å². The van der Waals surface area contributed by atoms with Crippen LogP contribution in [0.15, 0.2) is 12.3 Å². The van der Waals surface area contributed by atoms with Crippen molar-refractivity contribution in [2.45, 2.75) is 64.7 Å². The molecular weight excluding hydrogens is 204 g/mol. The maximum Gasteiger partial charge on any atom is 0.510 e. The highest BCUT2D eigenvalue weighted by molar-refractivity contribution is 5.58. The zero-order chi connectivity index (χ0) is 12.2. The fourth-order valence-corrected chi connectivity index (χ4v) is 1.63. The Morgan fingerprint density at radius 3 is 2.06 bits per heavy atom. The minimum Gasteiger partial charge on any atom is -0.449 e. The van der Waals surface area contributed by atoms with Gasteiger partial charge in [-0.1, -0.05) is 58.4 Å². The highest BCUT2D eigenvalue weighted by atomic mass is 16.7. The van der Waals surface area contributed by atoms with Gasteiger partial charge < -0.3 is 9.84 Å². The van der Waals surface area contributed by atoms with E-state index in [1.165, 1.54) is 38.5 Å². The van der Waals surface area contributed by atoms with Gasteiger partial charge in [0.1, 0.15) is 5.76 Å². The van der Waals surface area contributed by atoms with Gasteiger partial charge in [-0.3, -0.25) is 0 Å². The molecule has 0 saturated heterocycles. The van der Waals surface area contributed by atoms with E-state index >= 15 is 0 Å². The lowest BCUT2D eigenvalue weighted by molar-refractivity contribution is 0.116. The maximum atomic E-state index is 10.2. The number of ether oxygens (including phenoxy) is 1. The molecule has 0 fully saturated rings. The molecule has 94 valence electrons. The first-order chi connectivity index (χ1) is 7.66. The number of allylic oxidation sites excluding steroid dienone is 1. The van der Waals surface area contributed by atoms with Crippen LogP contribution in [-0.4, -0.2) is 11.3 Å². The summed E-state index contributed by atoms with van der Waals surface area (Å²) in [6, 6.07) is 0. The third-order valence-electron chi connectivity index (χ3n) is 2.54. The van der Waals surface area contributed by atoms with Crippen LogP contribution >= 0.6 is 0 Å². The average molecular weight is 228 g/mol. The van der Waals surface area contributed by atoms with E-state index in [1.54, 1.807) is 0 Å². The summed E-state index contributed by atoms with van der Waals surface area (Å²) in [5, 5.41) is 8.32. The molecule has 0 radical (unpaired) electrons. The highest BCUT2D eigenvalue weighted by Gasteiger charge is 2.01. The quantitative estimate of drug-likeness (QED) is 0.334. The van der Waals surface area contributed by atoms with Crippen molar-refractivity contribution < 1.29 is 14.6 Å². The first-order valence-corrected chi connectivity index (χ1v) is 6.25. The van der Waals surface area contributed by atoms with Crippen molar-refractivity contribution >= 4 is 6.16 Å². The lowest BCUT2D eigenvalue weighted by Crippen LogP contribution is -1.99. The van der Waals surface area contributed by atoms with Crippen molar-refractivity contribution in [3.8, 4) is 0 Å². The number of hydrogen-bond donors (Lipinski definition) is 1. The van der Waals surface area contributed by atoms with Crippen molar-refractivity contribution in [2.24, 2.45) is 0 Å². The normalized spacial score (nSPS) is 10.1. The summed E-state index contributed by atoms with van der Waals surface area (Å²) in [6.07, 6.45) is 9.29. The predicted molar refractivity (Wildman–Crippen MR) is 65.5 cm³/mol. The third-order valence-corrected chi connectivity index (χ3v) is 2.54. The van der Waals surface area contributed by atoms with E-state index in [-0.39, 0.29) is 0 Å². The molecule has 0 rings (SSSR count). The first kappa shape index (κ1) is 15.0. The van der Waals surface area contributed by atoms with E-state index in [4.69, 9.17) is 5.11 Å². The topological polar surface area (TPSA) is 46.5 Å². The molecule has 0 aliphatic rings. The van der Waals surface area contributed by atoms with Gasteiger partial charge in [-0.15, -0.1) is 0 Å². The fraction of sp³-hybridized carbons (Fsp3) is 0.769. The summed E-state index contributed by atoms with van der Waals surface area (Å²) >= 11 is 0. The summed E-state index contributed by atoms with van der Waals surface area (Å²) in [6.45, 7) is 5.77. The van der Waals surface area contributed by atoms with Crippen molar-refractivity contribution in [1.29, 1.82) is 0 Å². The van der Waals surface area contributed by atoms with Gasteiger partial charge in [0.25, 0.3) is 0 Å². The van der Waals surface area contributed by atoms with Gasteiger partial charge in [-0.2, -0.15) is 0 Å². The molecule has 0 aromatic rings. The van der Waals surface area contributed by atoms with Gasteiger partial charge in [0.15, 0.2) is 0 Å². The van der Waals surface area contributed by atoms with E-state index in [1.807, 2.05) is 0 Å². The zero-order valence-electron chi connectivity index (χ0n) is 10.3. The average Bonchev–Trinajstić information content (AvgIpc) is 2.21. The minimum atomic E-state index is -1.26. The standard InChI is InChI=1S/C13H24O3/c1-3-4-5-6-7-8-9-10-11-12(2)16-13(14)15/h2-11H2,1H3,(H,14,15). The monoisotopic (exact) mass is 228 g/mol. The molecule has 0 aliphatic heterocycles. The van der Waals surface area contributed by atoms with Crippen LogP contribution in [0.25, 0.3) is 0 Å². The second kappa shape index (κ2) is 10.5. The molecule has 0 aromatic heterocycles. The Morgan fingerprint density at radius 2 is 1.56 bits per heavy atom. The number of rotatable bonds is 10. The van der Waals surface area contributed by atoms with Crippen LogP contribution in [0.2, 0.25) is 0 Å². The second-order valence-corrected chi connectivity index (χ2v) is 4.13. The minimum absolute atomic E-state index is 0.360. The lowest BCUT2D eigenvalue weighted by Gasteiger charge is -2.04. The molecule has 0 aliphatic carbocycles.